The zero-order valence-electron chi connectivity index (χ0n) is 12.0. The molecule has 0 fully saturated rings. The molecular weight excluding hydrogens is 297 g/mol. The van der Waals surface area contributed by atoms with Crippen molar-refractivity contribution in [3.8, 4) is 11.3 Å². The fourth-order valence-electron chi connectivity index (χ4n) is 1.93. The molecule has 2 aromatic rings. The second kappa shape index (κ2) is 5.95. The van der Waals surface area contributed by atoms with Crippen LogP contribution in [0.1, 0.15) is 30.7 Å². The van der Waals surface area contributed by atoms with E-state index in [9.17, 15) is 12.8 Å². The van der Waals surface area contributed by atoms with Gasteiger partial charge in [-0.1, -0.05) is 23.7 Å². The SMILES string of the molecule is CCC(OS(C)(=O)=O)c1cc(-c2cc(C)ccc2F)on1. The first-order valence-corrected chi connectivity index (χ1v) is 8.23. The first-order chi connectivity index (χ1) is 9.80. The second-order valence-electron chi connectivity index (χ2n) is 4.80. The molecule has 0 saturated heterocycles. The van der Waals surface area contributed by atoms with Gasteiger partial charge in [0, 0.05) is 6.07 Å². The lowest BCUT2D eigenvalue weighted by Gasteiger charge is -2.10. The zero-order valence-corrected chi connectivity index (χ0v) is 12.8. The Balaban J connectivity index is 2.34. The molecule has 2 rings (SSSR count). The number of halogens is 1. The van der Waals surface area contributed by atoms with Crippen LogP contribution in [0.4, 0.5) is 4.39 Å². The van der Waals surface area contributed by atoms with Gasteiger partial charge in [-0.3, -0.25) is 4.18 Å². The minimum Gasteiger partial charge on any atom is -0.356 e. The molecule has 1 atom stereocenters. The summed E-state index contributed by atoms with van der Waals surface area (Å²) >= 11 is 0. The molecule has 7 heteroatoms. The summed E-state index contributed by atoms with van der Waals surface area (Å²) in [6.07, 6.45) is 0.622. The standard InChI is InChI=1S/C14H16FNO4S/c1-4-13(20-21(3,17)18)12-8-14(19-16-12)10-7-9(2)5-6-11(10)15/h5-8,13H,4H2,1-3H3. The monoisotopic (exact) mass is 313 g/mol. The van der Waals surface area contributed by atoms with Crippen molar-refractivity contribution in [2.75, 3.05) is 6.26 Å². The van der Waals surface area contributed by atoms with Crippen LogP contribution in [0, 0.1) is 12.7 Å². The topological polar surface area (TPSA) is 69.4 Å². The van der Waals surface area contributed by atoms with Gasteiger partial charge in [0.05, 0.1) is 11.8 Å². The predicted molar refractivity (Wildman–Crippen MR) is 75.6 cm³/mol. The van der Waals surface area contributed by atoms with Crippen molar-refractivity contribution in [2.45, 2.75) is 26.4 Å². The van der Waals surface area contributed by atoms with Crippen LogP contribution in [0.5, 0.6) is 0 Å². The fraction of sp³-hybridized carbons (Fsp3) is 0.357. The molecule has 1 unspecified atom stereocenters. The molecule has 1 heterocycles. The molecule has 0 aliphatic carbocycles. The van der Waals surface area contributed by atoms with Crippen LogP contribution < -0.4 is 0 Å². The number of rotatable bonds is 5. The molecule has 0 spiro atoms. The maximum absolute atomic E-state index is 13.8. The van der Waals surface area contributed by atoms with Crippen LogP contribution in [0.2, 0.25) is 0 Å². The summed E-state index contributed by atoms with van der Waals surface area (Å²) in [6, 6.07) is 6.13. The van der Waals surface area contributed by atoms with E-state index in [0.717, 1.165) is 11.8 Å². The highest BCUT2D eigenvalue weighted by atomic mass is 32.2. The molecule has 0 N–H and O–H groups in total. The molecule has 0 aliphatic heterocycles. The fourth-order valence-corrected chi connectivity index (χ4v) is 2.59. The number of aryl methyl sites for hydroxylation is 1. The van der Waals surface area contributed by atoms with Gasteiger partial charge in [0.1, 0.15) is 17.6 Å². The number of hydrogen-bond donors (Lipinski definition) is 0. The maximum atomic E-state index is 13.8. The highest BCUT2D eigenvalue weighted by Gasteiger charge is 2.21. The summed E-state index contributed by atoms with van der Waals surface area (Å²) in [6.45, 7) is 3.60. The van der Waals surface area contributed by atoms with Gasteiger partial charge in [-0.15, -0.1) is 0 Å². The molecular formula is C14H16FNO4S. The van der Waals surface area contributed by atoms with Crippen molar-refractivity contribution in [1.82, 2.24) is 5.16 Å². The second-order valence-corrected chi connectivity index (χ2v) is 6.40. The molecule has 1 aromatic heterocycles. The third-order valence-electron chi connectivity index (χ3n) is 2.91. The first-order valence-electron chi connectivity index (χ1n) is 6.41. The number of nitrogens with zero attached hydrogens (tertiary/aromatic N) is 1. The van der Waals surface area contributed by atoms with Crippen molar-refractivity contribution >= 4 is 10.1 Å². The van der Waals surface area contributed by atoms with E-state index >= 15 is 0 Å². The summed E-state index contributed by atoms with van der Waals surface area (Å²) in [5.74, 6) is -0.192. The average Bonchev–Trinajstić information content (AvgIpc) is 2.87. The number of hydrogen-bond acceptors (Lipinski definition) is 5. The van der Waals surface area contributed by atoms with E-state index in [2.05, 4.69) is 5.16 Å². The minimum absolute atomic E-state index is 0.238. The Labute approximate surface area is 122 Å². The summed E-state index contributed by atoms with van der Waals surface area (Å²) in [7, 11) is -3.61. The van der Waals surface area contributed by atoms with E-state index in [1.807, 2.05) is 6.92 Å². The summed E-state index contributed by atoms with van der Waals surface area (Å²) in [5, 5.41) is 3.79. The van der Waals surface area contributed by atoms with Crippen molar-refractivity contribution < 1.29 is 21.5 Å². The van der Waals surface area contributed by atoms with E-state index in [4.69, 9.17) is 8.71 Å². The Kier molecular flexibility index (Phi) is 4.43. The average molecular weight is 313 g/mol. The first kappa shape index (κ1) is 15.7. The van der Waals surface area contributed by atoms with Gasteiger partial charge in [-0.2, -0.15) is 8.42 Å². The van der Waals surface area contributed by atoms with Crippen molar-refractivity contribution in [1.29, 1.82) is 0 Å². The quantitative estimate of drug-likeness (QED) is 0.793. The van der Waals surface area contributed by atoms with Crippen molar-refractivity contribution in [3.05, 3.63) is 41.3 Å². The Morgan fingerprint density at radius 1 is 1.38 bits per heavy atom. The Hall–Kier alpha value is -1.73. The van der Waals surface area contributed by atoms with E-state index in [-0.39, 0.29) is 11.3 Å². The molecule has 114 valence electrons. The minimum atomic E-state index is -3.61. The normalized spacial score (nSPS) is 13.3. The molecule has 1 aromatic carbocycles. The Bertz CT molecular complexity index is 739. The molecule has 21 heavy (non-hydrogen) atoms. The van der Waals surface area contributed by atoms with E-state index in [1.54, 1.807) is 19.1 Å². The van der Waals surface area contributed by atoms with E-state index in [0.29, 0.717) is 12.1 Å². The van der Waals surface area contributed by atoms with Crippen molar-refractivity contribution in [3.63, 3.8) is 0 Å². The van der Waals surface area contributed by atoms with Crippen LogP contribution >= 0.6 is 0 Å². The highest BCUT2D eigenvalue weighted by molar-refractivity contribution is 7.86. The molecule has 0 amide bonds. The Morgan fingerprint density at radius 2 is 2.10 bits per heavy atom. The van der Waals surface area contributed by atoms with Gasteiger partial charge >= 0.3 is 0 Å². The van der Waals surface area contributed by atoms with Gasteiger partial charge < -0.3 is 4.52 Å². The Morgan fingerprint density at radius 3 is 2.71 bits per heavy atom. The highest BCUT2D eigenvalue weighted by Crippen LogP contribution is 2.29. The summed E-state index contributed by atoms with van der Waals surface area (Å²) < 4.78 is 46.3. The van der Waals surface area contributed by atoms with E-state index in [1.165, 1.54) is 12.1 Å². The van der Waals surface area contributed by atoms with Crippen molar-refractivity contribution in [2.24, 2.45) is 0 Å². The van der Waals surface area contributed by atoms with Gasteiger partial charge in [0.2, 0.25) is 0 Å². The molecule has 0 aliphatic rings. The van der Waals surface area contributed by atoms with Gasteiger partial charge in [-0.25, -0.2) is 4.39 Å². The lowest BCUT2D eigenvalue weighted by atomic mass is 10.1. The van der Waals surface area contributed by atoms with Gasteiger partial charge in [0.25, 0.3) is 10.1 Å². The summed E-state index contributed by atoms with van der Waals surface area (Å²) in [5.41, 5.74) is 1.48. The summed E-state index contributed by atoms with van der Waals surface area (Å²) in [4.78, 5) is 0. The number of benzene rings is 1. The lowest BCUT2D eigenvalue weighted by Crippen LogP contribution is -2.09. The zero-order chi connectivity index (χ0) is 15.6. The molecule has 0 bridgehead atoms. The molecule has 5 nitrogen and oxygen atoms in total. The lowest BCUT2D eigenvalue weighted by molar-refractivity contribution is 0.200. The molecule has 0 radical (unpaired) electrons. The van der Waals surface area contributed by atoms with Crippen LogP contribution in [0.3, 0.4) is 0 Å². The number of aromatic nitrogens is 1. The third-order valence-corrected chi connectivity index (χ3v) is 3.49. The van der Waals surface area contributed by atoms with Crippen LogP contribution in [0.15, 0.2) is 28.8 Å². The van der Waals surface area contributed by atoms with Gasteiger partial charge in [-0.05, 0) is 25.5 Å². The van der Waals surface area contributed by atoms with Crippen LogP contribution in [-0.4, -0.2) is 19.8 Å². The van der Waals surface area contributed by atoms with Crippen LogP contribution in [0.25, 0.3) is 11.3 Å². The third kappa shape index (κ3) is 3.89. The molecule has 0 saturated carbocycles. The van der Waals surface area contributed by atoms with Crippen LogP contribution in [-0.2, 0) is 14.3 Å². The smallest absolute Gasteiger partial charge is 0.265 e. The predicted octanol–water partition coefficient (Wildman–Crippen LogP) is 3.22. The maximum Gasteiger partial charge on any atom is 0.265 e. The largest absolute Gasteiger partial charge is 0.356 e. The van der Waals surface area contributed by atoms with E-state index < -0.39 is 22.0 Å². The van der Waals surface area contributed by atoms with Gasteiger partial charge in [0.15, 0.2) is 5.76 Å².